The minimum Gasteiger partial charge on any atom is -0.456 e. The van der Waals surface area contributed by atoms with Crippen molar-refractivity contribution in [2.24, 2.45) is 0 Å². The summed E-state index contributed by atoms with van der Waals surface area (Å²) in [6.45, 7) is 0. The van der Waals surface area contributed by atoms with E-state index in [1.807, 2.05) is 12.1 Å². The van der Waals surface area contributed by atoms with Gasteiger partial charge in [0, 0.05) is 27.6 Å². The number of hydrogen-bond donors (Lipinski definition) is 0. The summed E-state index contributed by atoms with van der Waals surface area (Å²) in [7, 11) is 0. The fourth-order valence-electron chi connectivity index (χ4n) is 8.82. The van der Waals surface area contributed by atoms with Crippen LogP contribution in [0.25, 0.3) is 88.3 Å². The third-order valence-electron chi connectivity index (χ3n) is 11.7. The molecule has 0 aliphatic heterocycles. The number of para-hydroxylation sites is 3. The van der Waals surface area contributed by atoms with Crippen molar-refractivity contribution in [1.29, 1.82) is 0 Å². The van der Waals surface area contributed by atoms with Gasteiger partial charge in [0.15, 0.2) is 0 Å². The first-order valence-corrected chi connectivity index (χ1v) is 20.5. The average molecular weight is 766 g/mol. The van der Waals surface area contributed by atoms with E-state index in [4.69, 9.17) is 4.42 Å². The Kier molecular flexibility index (Phi) is 8.87. The van der Waals surface area contributed by atoms with Crippen LogP contribution < -0.4 is 4.90 Å². The van der Waals surface area contributed by atoms with Gasteiger partial charge in [-0.2, -0.15) is 0 Å². The van der Waals surface area contributed by atoms with Gasteiger partial charge in [-0.1, -0.05) is 194 Å². The zero-order valence-electron chi connectivity index (χ0n) is 32.9. The number of nitrogens with zero attached hydrogens (tertiary/aromatic N) is 1. The largest absolute Gasteiger partial charge is 0.456 e. The summed E-state index contributed by atoms with van der Waals surface area (Å²) in [6.07, 6.45) is 0. The highest BCUT2D eigenvalue weighted by molar-refractivity contribution is 6.09. The van der Waals surface area contributed by atoms with Crippen LogP contribution in [0, 0.1) is 0 Å². The smallest absolute Gasteiger partial charge is 0.135 e. The molecule has 0 aliphatic rings. The number of anilines is 3. The highest BCUT2D eigenvalue weighted by Crippen LogP contribution is 2.47. The summed E-state index contributed by atoms with van der Waals surface area (Å²) in [5.74, 6) is 0. The van der Waals surface area contributed by atoms with Gasteiger partial charge in [-0.15, -0.1) is 0 Å². The van der Waals surface area contributed by atoms with Crippen LogP contribution >= 0.6 is 0 Å². The maximum Gasteiger partial charge on any atom is 0.135 e. The van der Waals surface area contributed by atoms with E-state index in [0.717, 1.165) is 66.8 Å². The molecule has 0 radical (unpaired) electrons. The van der Waals surface area contributed by atoms with Gasteiger partial charge in [0.2, 0.25) is 0 Å². The lowest BCUT2D eigenvalue weighted by Crippen LogP contribution is -2.12. The zero-order valence-corrected chi connectivity index (χ0v) is 32.9. The summed E-state index contributed by atoms with van der Waals surface area (Å²) >= 11 is 0. The lowest BCUT2D eigenvalue weighted by molar-refractivity contribution is 0.669. The van der Waals surface area contributed by atoms with Crippen LogP contribution in [0.15, 0.2) is 241 Å². The van der Waals surface area contributed by atoms with E-state index in [-0.39, 0.29) is 0 Å². The molecule has 1 heterocycles. The Balaban J connectivity index is 1.09. The van der Waals surface area contributed by atoms with Gasteiger partial charge in [0.05, 0.1) is 11.4 Å². The first kappa shape index (κ1) is 35.2. The lowest BCUT2D eigenvalue weighted by Gasteiger charge is -2.30. The minimum atomic E-state index is 0.900. The predicted molar refractivity (Wildman–Crippen MR) is 253 cm³/mol. The van der Waals surface area contributed by atoms with E-state index in [0.29, 0.717) is 0 Å². The van der Waals surface area contributed by atoms with Gasteiger partial charge in [-0.3, -0.25) is 0 Å². The van der Waals surface area contributed by atoms with Crippen molar-refractivity contribution in [3.05, 3.63) is 237 Å². The van der Waals surface area contributed by atoms with Gasteiger partial charge in [-0.25, -0.2) is 0 Å². The monoisotopic (exact) mass is 765 g/mol. The Hall–Kier alpha value is -7.94. The molecule has 11 rings (SSSR count). The Morgan fingerprint density at radius 3 is 1.52 bits per heavy atom. The topological polar surface area (TPSA) is 16.4 Å². The highest BCUT2D eigenvalue weighted by atomic mass is 16.3. The molecular weight excluding hydrogens is 727 g/mol. The predicted octanol–water partition coefficient (Wildman–Crippen LogP) is 16.5. The summed E-state index contributed by atoms with van der Waals surface area (Å²) < 4.78 is 6.17. The lowest BCUT2D eigenvalue weighted by atomic mass is 9.90. The van der Waals surface area contributed by atoms with Crippen LogP contribution in [0.1, 0.15) is 0 Å². The van der Waals surface area contributed by atoms with Crippen LogP contribution in [0.3, 0.4) is 0 Å². The third kappa shape index (κ3) is 6.32. The molecule has 0 aliphatic carbocycles. The van der Waals surface area contributed by atoms with Crippen LogP contribution in [-0.2, 0) is 0 Å². The maximum absolute atomic E-state index is 6.17. The van der Waals surface area contributed by atoms with E-state index >= 15 is 0 Å². The molecule has 0 spiro atoms. The van der Waals surface area contributed by atoms with Gasteiger partial charge in [-0.05, 0) is 97.7 Å². The summed E-state index contributed by atoms with van der Waals surface area (Å²) in [6, 6.07) is 85.0. The summed E-state index contributed by atoms with van der Waals surface area (Å²) in [5, 5.41) is 4.70. The Morgan fingerprint density at radius 2 is 0.767 bits per heavy atom. The van der Waals surface area contributed by atoms with Crippen molar-refractivity contribution >= 4 is 49.8 Å². The Morgan fingerprint density at radius 1 is 0.283 bits per heavy atom. The molecular formula is C58H39NO. The van der Waals surface area contributed by atoms with Crippen molar-refractivity contribution in [3.63, 3.8) is 0 Å². The molecule has 0 saturated heterocycles. The van der Waals surface area contributed by atoms with E-state index in [1.165, 1.54) is 38.6 Å². The molecule has 0 atom stereocenters. The molecule has 0 saturated carbocycles. The third-order valence-corrected chi connectivity index (χ3v) is 11.7. The number of benzene rings is 10. The zero-order chi connectivity index (χ0) is 39.8. The number of fused-ring (bicyclic) bond motifs is 4. The van der Waals surface area contributed by atoms with Crippen LogP contribution in [0.2, 0.25) is 0 Å². The standard InChI is InChI=1S/C58H39NO/c1-3-15-40(16-4-1)41-29-31-44(32-30-41)48-21-7-10-26-54(48)59(47-36-33-42(34-37-47)46-35-38-57-53(39-46)51-23-9-12-28-56(51)60-57)55-27-11-8-22-50(55)52-25-14-20-45-19-13-24-49(58(45)52)43-17-5-2-6-18-43/h1-39H. The van der Waals surface area contributed by atoms with Gasteiger partial charge in [0.1, 0.15) is 11.2 Å². The second kappa shape index (κ2) is 15.1. The molecule has 0 bridgehead atoms. The van der Waals surface area contributed by atoms with Crippen LogP contribution in [0.4, 0.5) is 17.1 Å². The van der Waals surface area contributed by atoms with Crippen molar-refractivity contribution in [1.82, 2.24) is 0 Å². The maximum atomic E-state index is 6.17. The van der Waals surface area contributed by atoms with Crippen LogP contribution in [0.5, 0.6) is 0 Å². The molecule has 1 aromatic heterocycles. The Bertz CT molecular complexity index is 3290. The average Bonchev–Trinajstić information content (AvgIpc) is 3.71. The second-order valence-electron chi connectivity index (χ2n) is 15.2. The molecule has 2 nitrogen and oxygen atoms in total. The van der Waals surface area contributed by atoms with E-state index in [2.05, 4.69) is 229 Å². The quantitative estimate of drug-likeness (QED) is 0.153. The fraction of sp³-hybridized carbons (Fsp3) is 0. The van der Waals surface area contributed by atoms with Gasteiger partial charge in [0.25, 0.3) is 0 Å². The molecule has 2 heteroatoms. The van der Waals surface area contributed by atoms with E-state index in [9.17, 15) is 0 Å². The normalized spacial score (nSPS) is 11.3. The number of hydrogen-bond acceptors (Lipinski definition) is 2. The van der Waals surface area contributed by atoms with Crippen molar-refractivity contribution in [3.8, 4) is 55.6 Å². The number of rotatable bonds is 8. The molecule has 10 aromatic carbocycles. The highest BCUT2D eigenvalue weighted by Gasteiger charge is 2.22. The number of furan rings is 1. The fourth-order valence-corrected chi connectivity index (χ4v) is 8.82. The van der Waals surface area contributed by atoms with Crippen LogP contribution in [-0.4, -0.2) is 0 Å². The van der Waals surface area contributed by atoms with Crippen molar-refractivity contribution in [2.75, 3.05) is 4.90 Å². The first-order chi connectivity index (χ1) is 29.8. The molecule has 0 unspecified atom stereocenters. The molecule has 0 N–H and O–H groups in total. The molecule has 282 valence electrons. The van der Waals surface area contributed by atoms with E-state index in [1.54, 1.807) is 0 Å². The molecule has 60 heavy (non-hydrogen) atoms. The Labute approximate surface area is 349 Å². The SMILES string of the molecule is c1ccc(-c2ccc(-c3ccccc3N(c3ccc(-c4ccc5oc6ccccc6c5c4)cc3)c3ccccc3-c3cccc4cccc(-c5ccccc5)c34)cc2)cc1. The van der Waals surface area contributed by atoms with Crippen molar-refractivity contribution < 1.29 is 4.42 Å². The molecule has 11 aromatic rings. The van der Waals surface area contributed by atoms with Crippen molar-refractivity contribution in [2.45, 2.75) is 0 Å². The van der Waals surface area contributed by atoms with E-state index < -0.39 is 0 Å². The van der Waals surface area contributed by atoms with Gasteiger partial charge < -0.3 is 9.32 Å². The summed E-state index contributed by atoms with van der Waals surface area (Å²) in [4.78, 5) is 2.44. The second-order valence-corrected chi connectivity index (χ2v) is 15.2. The summed E-state index contributed by atoms with van der Waals surface area (Å²) in [5.41, 5.74) is 16.8. The minimum absolute atomic E-state index is 0.900. The first-order valence-electron chi connectivity index (χ1n) is 20.5. The molecule has 0 amide bonds. The van der Waals surface area contributed by atoms with Gasteiger partial charge >= 0.3 is 0 Å². The molecule has 0 fully saturated rings.